The summed E-state index contributed by atoms with van der Waals surface area (Å²) in [5, 5.41) is 3.31. The first-order chi connectivity index (χ1) is 14.8. The minimum atomic E-state index is -3.03. The minimum absolute atomic E-state index is 0. The predicted octanol–water partition coefficient (Wildman–Crippen LogP) is 3.84. The Morgan fingerprint density at radius 1 is 1.09 bits per heavy atom. The van der Waals surface area contributed by atoms with Gasteiger partial charge in [-0.05, 0) is 23.6 Å². The first-order valence-electron chi connectivity index (χ1n) is 10.2. The summed E-state index contributed by atoms with van der Waals surface area (Å²) >= 11 is 0. The van der Waals surface area contributed by atoms with Crippen molar-refractivity contribution in [2.24, 2.45) is 4.99 Å². The molecule has 0 spiro atoms. The summed E-state index contributed by atoms with van der Waals surface area (Å²) in [6, 6.07) is 17.6. The second kappa shape index (κ2) is 12.0. The molecule has 0 aliphatic rings. The van der Waals surface area contributed by atoms with Crippen LogP contribution in [0.4, 0.5) is 0 Å². The molecule has 9 heteroatoms. The fourth-order valence-corrected chi connectivity index (χ4v) is 3.98. The number of halogens is 1. The van der Waals surface area contributed by atoms with Gasteiger partial charge in [0, 0.05) is 19.8 Å². The lowest BCUT2D eigenvalue weighted by atomic mass is 10.1. The van der Waals surface area contributed by atoms with E-state index < -0.39 is 9.84 Å². The van der Waals surface area contributed by atoms with Gasteiger partial charge in [-0.1, -0.05) is 54.6 Å². The number of rotatable bonds is 8. The third-order valence-corrected chi connectivity index (χ3v) is 5.52. The fraction of sp³-hybridized carbons (Fsp3) is 0.304. The Morgan fingerprint density at radius 3 is 2.38 bits per heavy atom. The van der Waals surface area contributed by atoms with Gasteiger partial charge in [-0.15, -0.1) is 24.0 Å². The van der Waals surface area contributed by atoms with Crippen molar-refractivity contribution in [3.05, 3.63) is 77.7 Å². The number of hydrogen-bond acceptors (Lipinski definition) is 4. The molecule has 0 unspecified atom stereocenters. The molecule has 0 bridgehead atoms. The van der Waals surface area contributed by atoms with Crippen molar-refractivity contribution < 1.29 is 8.42 Å². The summed E-state index contributed by atoms with van der Waals surface area (Å²) in [6.07, 6.45) is 3.09. The van der Waals surface area contributed by atoms with E-state index in [-0.39, 0.29) is 29.7 Å². The molecule has 2 aromatic carbocycles. The van der Waals surface area contributed by atoms with Gasteiger partial charge in [0.25, 0.3) is 0 Å². The van der Waals surface area contributed by atoms with Gasteiger partial charge in [0.1, 0.15) is 5.82 Å². The van der Waals surface area contributed by atoms with Crippen molar-refractivity contribution in [3.63, 3.8) is 0 Å². The quantitative estimate of drug-likeness (QED) is 0.245. The summed E-state index contributed by atoms with van der Waals surface area (Å²) in [7, 11) is -1.06. The van der Waals surface area contributed by atoms with Crippen LogP contribution in [0.2, 0.25) is 0 Å². The van der Waals surface area contributed by atoms with Gasteiger partial charge in [-0.3, -0.25) is 0 Å². The summed E-state index contributed by atoms with van der Waals surface area (Å²) in [5.41, 5.74) is 3.89. The second-order valence-electron chi connectivity index (χ2n) is 7.52. The number of sulfone groups is 1. The standard InChI is InChI=1S/C23H29N5O2S.HI/c1-4-24-23(26-14-18-10-12-19(13-11-18)17-31(3,29)30)28(2)16-22-25-15-21(27-22)20-8-6-5-7-9-20;/h5-13,15H,4,14,16-17H2,1-3H3,(H,24,26)(H,25,27);1H. The Labute approximate surface area is 207 Å². The van der Waals surface area contributed by atoms with Gasteiger partial charge in [0.15, 0.2) is 15.8 Å². The van der Waals surface area contributed by atoms with Crippen molar-refractivity contribution in [2.45, 2.75) is 25.8 Å². The SMILES string of the molecule is CCNC(=NCc1ccc(CS(C)(=O)=O)cc1)N(C)Cc1ncc(-c2ccccc2)[nH]1.I. The predicted molar refractivity (Wildman–Crippen MR) is 141 cm³/mol. The van der Waals surface area contributed by atoms with Crippen LogP contribution in [-0.4, -0.2) is 49.1 Å². The number of guanidine groups is 1. The summed E-state index contributed by atoms with van der Waals surface area (Å²) < 4.78 is 22.9. The second-order valence-corrected chi connectivity index (χ2v) is 9.66. The maximum Gasteiger partial charge on any atom is 0.194 e. The van der Waals surface area contributed by atoms with Crippen LogP contribution in [0.5, 0.6) is 0 Å². The van der Waals surface area contributed by atoms with Crippen LogP contribution >= 0.6 is 24.0 Å². The molecule has 0 saturated carbocycles. The Balaban J connectivity index is 0.00000363. The van der Waals surface area contributed by atoms with Crippen LogP contribution in [0, 0.1) is 0 Å². The topological polar surface area (TPSA) is 90.4 Å². The lowest BCUT2D eigenvalue weighted by Gasteiger charge is -2.21. The van der Waals surface area contributed by atoms with E-state index in [9.17, 15) is 8.42 Å². The molecule has 0 radical (unpaired) electrons. The molecule has 0 amide bonds. The normalized spacial score (nSPS) is 11.7. The van der Waals surface area contributed by atoms with Gasteiger partial charge in [0.2, 0.25) is 0 Å². The van der Waals surface area contributed by atoms with Crippen molar-refractivity contribution in [1.82, 2.24) is 20.2 Å². The molecule has 0 fully saturated rings. The van der Waals surface area contributed by atoms with Crippen LogP contribution in [-0.2, 0) is 28.7 Å². The molecule has 3 rings (SSSR count). The number of nitrogens with one attached hydrogen (secondary N) is 2. The van der Waals surface area contributed by atoms with Crippen LogP contribution in [0.25, 0.3) is 11.3 Å². The number of hydrogen-bond donors (Lipinski definition) is 2. The number of benzene rings is 2. The molecule has 1 aromatic heterocycles. The van der Waals surface area contributed by atoms with Crippen molar-refractivity contribution >= 4 is 39.8 Å². The molecule has 7 nitrogen and oxygen atoms in total. The maximum absolute atomic E-state index is 11.4. The number of aromatic nitrogens is 2. The number of aliphatic imine (C=N–C) groups is 1. The van der Waals surface area contributed by atoms with Gasteiger partial charge >= 0.3 is 0 Å². The van der Waals surface area contributed by atoms with E-state index in [0.29, 0.717) is 13.1 Å². The van der Waals surface area contributed by atoms with E-state index in [2.05, 4.69) is 15.3 Å². The summed E-state index contributed by atoms with van der Waals surface area (Å²) in [4.78, 5) is 14.6. The molecule has 32 heavy (non-hydrogen) atoms. The maximum atomic E-state index is 11.4. The fourth-order valence-electron chi connectivity index (χ4n) is 3.19. The highest BCUT2D eigenvalue weighted by atomic mass is 127. The molecule has 1 heterocycles. The van der Waals surface area contributed by atoms with Gasteiger partial charge in [-0.25, -0.2) is 18.4 Å². The van der Waals surface area contributed by atoms with E-state index in [4.69, 9.17) is 4.99 Å². The summed E-state index contributed by atoms with van der Waals surface area (Å²) in [6.45, 7) is 3.87. The first kappa shape index (κ1) is 25.9. The molecule has 0 aliphatic carbocycles. The number of imidazole rings is 1. The third-order valence-electron chi connectivity index (χ3n) is 4.66. The zero-order chi connectivity index (χ0) is 22.3. The minimum Gasteiger partial charge on any atom is -0.357 e. The molecule has 0 aliphatic heterocycles. The van der Waals surface area contributed by atoms with Crippen molar-refractivity contribution in [2.75, 3.05) is 19.8 Å². The van der Waals surface area contributed by atoms with Crippen LogP contribution in [0.3, 0.4) is 0 Å². The Morgan fingerprint density at radius 2 is 1.75 bits per heavy atom. The zero-order valence-electron chi connectivity index (χ0n) is 18.6. The Bertz CT molecular complexity index is 1110. The van der Waals surface area contributed by atoms with E-state index in [0.717, 1.165) is 40.7 Å². The van der Waals surface area contributed by atoms with Crippen molar-refractivity contribution in [3.8, 4) is 11.3 Å². The summed E-state index contributed by atoms with van der Waals surface area (Å²) in [5.74, 6) is 1.69. The van der Waals surface area contributed by atoms with Gasteiger partial charge < -0.3 is 15.2 Å². The molecular formula is C23H30IN5O2S. The molecule has 0 atom stereocenters. The van der Waals surface area contributed by atoms with Crippen LogP contribution in [0.1, 0.15) is 23.9 Å². The largest absolute Gasteiger partial charge is 0.357 e. The highest BCUT2D eigenvalue weighted by molar-refractivity contribution is 14.0. The highest BCUT2D eigenvalue weighted by Crippen LogP contribution is 2.16. The van der Waals surface area contributed by atoms with Gasteiger partial charge in [-0.2, -0.15) is 0 Å². The molecular weight excluding hydrogens is 537 g/mol. The Kier molecular flexibility index (Phi) is 9.70. The number of aromatic amines is 1. The average Bonchev–Trinajstić information content (AvgIpc) is 3.20. The third kappa shape index (κ3) is 7.94. The average molecular weight is 567 g/mol. The Hall–Kier alpha value is -2.40. The number of H-pyrrole nitrogens is 1. The number of nitrogens with zero attached hydrogens (tertiary/aromatic N) is 3. The molecule has 3 aromatic rings. The smallest absolute Gasteiger partial charge is 0.194 e. The highest BCUT2D eigenvalue weighted by Gasteiger charge is 2.10. The molecule has 0 saturated heterocycles. The molecule has 172 valence electrons. The van der Waals surface area contributed by atoms with Crippen molar-refractivity contribution in [1.29, 1.82) is 0 Å². The van der Waals surface area contributed by atoms with E-state index >= 15 is 0 Å². The lowest BCUT2D eigenvalue weighted by Crippen LogP contribution is -2.38. The van der Waals surface area contributed by atoms with E-state index in [1.807, 2.05) is 79.7 Å². The van der Waals surface area contributed by atoms with Gasteiger partial charge in [0.05, 0.1) is 30.7 Å². The first-order valence-corrected chi connectivity index (χ1v) is 12.2. The zero-order valence-corrected chi connectivity index (χ0v) is 21.7. The van der Waals surface area contributed by atoms with E-state index in [1.165, 1.54) is 6.26 Å². The van der Waals surface area contributed by atoms with E-state index in [1.54, 1.807) is 0 Å². The monoisotopic (exact) mass is 567 g/mol. The molecule has 2 N–H and O–H groups in total. The van der Waals surface area contributed by atoms with Crippen LogP contribution < -0.4 is 5.32 Å². The van der Waals surface area contributed by atoms with Crippen LogP contribution in [0.15, 0.2) is 65.8 Å². The lowest BCUT2D eigenvalue weighted by molar-refractivity contribution is 0.464.